The van der Waals surface area contributed by atoms with E-state index in [0.717, 1.165) is 31.8 Å². The number of amides is 1. The Morgan fingerprint density at radius 1 is 1.21 bits per heavy atom. The molecule has 1 saturated carbocycles. The van der Waals surface area contributed by atoms with Gasteiger partial charge in [0.1, 0.15) is 0 Å². The third-order valence-electron chi connectivity index (χ3n) is 4.72. The number of nitrogens with zero attached hydrogens (tertiary/aromatic N) is 1. The first kappa shape index (κ1) is 14.8. The predicted molar refractivity (Wildman–Crippen MR) is 78.1 cm³/mol. The van der Waals surface area contributed by atoms with Crippen LogP contribution in [0.25, 0.3) is 0 Å². The Morgan fingerprint density at radius 2 is 1.95 bits per heavy atom. The Bertz CT molecular complexity index is 281. The van der Waals surface area contributed by atoms with Crippen LogP contribution in [0.4, 0.5) is 0 Å². The highest BCUT2D eigenvalue weighted by Crippen LogP contribution is 2.28. The molecule has 0 aromatic carbocycles. The minimum Gasteiger partial charge on any atom is -0.353 e. The third kappa shape index (κ3) is 4.18. The van der Waals surface area contributed by atoms with Gasteiger partial charge >= 0.3 is 0 Å². The molecule has 0 radical (unpaired) electrons. The maximum absolute atomic E-state index is 12.1. The molecule has 2 atom stereocenters. The van der Waals surface area contributed by atoms with Gasteiger partial charge in [-0.3, -0.25) is 4.79 Å². The van der Waals surface area contributed by atoms with Gasteiger partial charge in [-0.1, -0.05) is 19.3 Å². The van der Waals surface area contributed by atoms with Crippen molar-refractivity contribution in [3.63, 3.8) is 0 Å². The van der Waals surface area contributed by atoms with Crippen molar-refractivity contribution < 1.29 is 4.79 Å². The van der Waals surface area contributed by atoms with Crippen molar-refractivity contribution >= 4 is 5.91 Å². The summed E-state index contributed by atoms with van der Waals surface area (Å²) in [7, 11) is 4.28. The van der Waals surface area contributed by atoms with Gasteiger partial charge < -0.3 is 15.5 Å². The lowest BCUT2D eigenvalue weighted by atomic mass is 9.83. The van der Waals surface area contributed by atoms with Gasteiger partial charge in [-0.15, -0.1) is 0 Å². The second kappa shape index (κ2) is 7.25. The van der Waals surface area contributed by atoms with Gasteiger partial charge in [-0.05, 0) is 52.2 Å². The molecule has 110 valence electrons. The van der Waals surface area contributed by atoms with E-state index in [1.807, 2.05) is 0 Å². The summed E-state index contributed by atoms with van der Waals surface area (Å²) < 4.78 is 0. The number of likely N-dealkylation sites (N-methyl/N-ethyl adjacent to an activating group) is 1. The van der Waals surface area contributed by atoms with E-state index in [-0.39, 0.29) is 11.9 Å². The van der Waals surface area contributed by atoms with E-state index >= 15 is 0 Å². The summed E-state index contributed by atoms with van der Waals surface area (Å²) >= 11 is 0. The fourth-order valence-corrected chi connectivity index (χ4v) is 3.53. The van der Waals surface area contributed by atoms with Crippen molar-refractivity contribution in [2.45, 2.75) is 57.0 Å². The molecule has 1 saturated heterocycles. The van der Waals surface area contributed by atoms with Gasteiger partial charge in [0.05, 0.1) is 6.04 Å². The molecule has 2 N–H and O–H groups in total. The largest absolute Gasteiger partial charge is 0.353 e. The molecule has 0 aromatic heterocycles. The number of carbonyl (C=O) groups excluding carboxylic acids is 1. The monoisotopic (exact) mass is 267 g/mol. The second-order valence-electron chi connectivity index (χ2n) is 6.32. The molecule has 2 aliphatic rings. The molecule has 1 amide bonds. The van der Waals surface area contributed by atoms with E-state index in [1.165, 1.54) is 32.1 Å². The fraction of sp³-hybridized carbons (Fsp3) is 0.933. The van der Waals surface area contributed by atoms with E-state index in [4.69, 9.17) is 0 Å². The summed E-state index contributed by atoms with van der Waals surface area (Å²) in [6.07, 6.45) is 8.84. The molecular weight excluding hydrogens is 238 g/mol. The summed E-state index contributed by atoms with van der Waals surface area (Å²) in [5.41, 5.74) is 0. The van der Waals surface area contributed by atoms with Crippen LogP contribution >= 0.6 is 0 Å². The number of hydrogen-bond acceptors (Lipinski definition) is 3. The van der Waals surface area contributed by atoms with Gasteiger partial charge in [-0.25, -0.2) is 0 Å². The Hall–Kier alpha value is -0.610. The van der Waals surface area contributed by atoms with Crippen molar-refractivity contribution in [2.75, 3.05) is 27.2 Å². The Labute approximate surface area is 117 Å². The zero-order valence-corrected chi connectivity index (χ0v) is 12.5. The second-order valence-corrected chi connectivity index (χ2v) is 6.32. The SMILES string of the molecule is CN(C)C(CNC(=O)C1CCCN1)C1CCCCC1. The van der Waals surface area contributed by atoms with Crippen LogP contribution in [0, 0.1) is 5.92 Å². The molecule has 4 heteroatoms. The van der Waals surface area contributed by atoms with Crippen molar-refractivity contribution in [3.8, 4) is 0 Å². The molecule has 0 spiro atoms. The summed E-state index contributed by atoms with van der Waals surface area (Å²) in [6.45, 7) is 1.78. The van der Waals surface area contributed by atoms with Crippen LogP contribution in [-0.2, 0) is 4.79 Å². The molecule has 2 rings (SSSR count). The molecule has 2 unspecified atom stereocenters. The lowest BCUT2D eigenvalue weighted by Gasteiger charge is -2.35. The topological polar surface area (TPSA) is 44.4 Å². The molecular formula is C15H29N3O. The van der Waals surface area contributed by atoms with Gasteiger partial charge in [-0.2, -0.15) is 0 Å². The minimum absolute atomic E-state index is 0.0502. The normalized spacial score (nSPS) is 26.6. The van der Waals surface area contributed by atoms with E-state index in [1.54, 1.807) is 0 Å². The smallest absolute Gasteiger partial charge is 0.237 e. The Morgan fingerprint density at radius 3 is 2.53 bits per heavy atom. The summed E-state index contributed by atoms with van der Waals surface area (Å²) in [4.78, 5) is 14.4. The van der Waals surface area contributed by atoms with Crippen LogP contribution in [0.2, 0.25) is 0 Å². The number of carbonyl (C=O) groups is 1. The van der Waals surface area contributed by atoms with Crippen LogP contribution in [0.5, 0.6) is 0 Å². The van der Waals surface area contributed by atoms with Crippen LogP contribution < -0.4 is 10.6 Å². The lowest BCUT2D eigenvalue weighted by molar-refractivity contribution is -0.123. The van der Waals surface area contributed by atoms with Crippen LogP contribution in [-0.4, -0.2) is 50.1 Å². The van der Waals surface area contributed by atoms with Gasteiger partial charge in [0.25, 0.3) is 0 Å². The van der Waals surface area contributed by atoms with Crippen LogP contribution in [0.1, 0.15) is 44.9 Å². The molecule has 1 heterocycles. The average Bonchev–Trinajstić information content (AvgIpc) is 2.93. The minimum atomic E-state index is 0.0502. The van der Waals surface area contributed by atoms with Crippen molar-refractivity contribution in [2.24, 2.45) is 5.92 Å². The highest BCUT2D eigenvalue weighted by molar-refractivity contribution is 5.82. The van der Waals surface area contributed by atoms with Crippen molar-refractivity contribution in [1.29, 1.82) is 0 Å². The summed E-state index contributed by atoms with van der Waals surface area (Å²) in [5, 5.41) is 6.42. The van der Waals surface area contributed by atoms with Gasteiger partial charge in [0, 0.05) is 12.6 Å². The first-order chi connectivity index (χ1) is 9.18. The predicted octanol–water partition coefficient (Wildman–Crippen LogP) is 1.37. The van der Waals surface area contributed by atoms with E-state index in [9.17, 15) is 4.79 Å². The summed E-state index contributed by atoms with van der Waals surface area (Å²) in [5.74, 6) is 0.945. The van der Waals surface area contributed by atoms with Crippen molar-refractivity contribution in [3.05, 3.63) is 0 Å². The first-order valence-corrected chi connectivity index (χ1v) is 7.86. The zero-order chi connectivity index (χ0) is 13.7. The fourth-order valence-electron chi connectivity index (χ4n) is 3.53. The molecule has 1 aliphatic heterocycles. The first-order valence-electron chi connectivity index (χ1n) is 7.86. The van der Waals surface area contributed by atoms with Gasteiger partial charge in [0.15, 0.2) is 0 Å². The molecule has 0 bridgehead atoms. The number of nitrogens with one attached hydrogen (secondary N) is 2. The Balaban J connectivity index is 1.80. The zero-order valence-electron chi connectivity index (χ0n) is 12.5. The summed E-state index contributed by atoms with van der Waals surface area (Å²) in [6, 6.07) is 0.542. The average molecular weight is 267 g/mol. The molecule has 19 heavy (non-hydrogen) atoms. The third-order valence-corrected chi connectivity index (χ3v) is 4.72. The Kier molecular flexibility index (Phi) is 5.64. The molecule has 1 aliphatic carbocycles. The number of hydrogen-bond donors (Lipinski definition) is 2. The molecule has 2 fully saturated rings. The van der Waals surface area contributed by atoms with E-state index in [0.29, 0.717) is 6.04 Å². The maximum Gasteiger partial charge on any atom is 0.237 e. The maximum atomic E-state index is 12.1. The van der Waals surface area contributed by atoms with Gasteiger partial charge in [0.2, 0.25) is 5.91 Å². The standard InChI is InChI=1S/C15H29N3O/c1-18(2)14(12-7-4-3-5-8-12)11-17-15(19)13-9-6-10-16-13/h12-14,16H,3-11H2,1-2H3,(H,17,19). The van der Waals surface area contributed by atoms with Crippen LogP contribution in [0.3, 0.4) is 0 Å². The molecule has 4 nitrogen and oxygen atoms in total. The lowest BCUT2D eigenvalue weighted by Crippen LogP contribution is -2.49. The highest BCUT2D eigenvalue weighted by Gasteiger charge is 2.27. The molecule has 0 aromatic rings. The number of rotatable bonds is 5. The quantitative estimate of drug-likeness (QED) is 0.790. The highest BCUT2D eigenvalue weighted by atomic mass is 16.2. The van der Waals surface area contributed by atoms with E-state index in [2.05, 4.69) is 29.6 Å². The van der Waals surface area contributed by atoms with E-state index < -0.39 is 0 Å². The van der Waals surface area contributed by atoms with Crippen LogP contribution in [0.15, 0.2) is 0 Å². The van der Waals surface area contributed by atoms with Crippen molar-refractivity contribution in [1.82, 2.24) is 15.5 Å².